The number of hydrogen-bond acceptors (Lipinski definition) is 0. The minimum absolute atomic E-state index is 0. The van der Waals surface area contributed by atoms with Crippen LogP contribution in [0.3, 0.4) is 0 Å². The summed E-state index contributed by atoms with van der Waals surface area (Å²) in [5.41, 5.74) is 6.21. The van der Waals surface area contributed by atoms with Gasteiger partial charge in [0.1, 0.15) is 0 Å². The van der Waals surface area contributed by atoms with Crippen LogP contribution in [0.15, 0.2) is 42.2 Å². The Morgan fingerprint density at radius 2 is 1.10 bits per heavy atom. The SMILES string of the molecule is Br.Br.CC1=CC[C]([Ti]([CH3])([CH3])(=[SiH2])[C]2=C(C)C(C)=CC2)=C1C. The molecule has 4 heteroatoms. The Kier molecular flexibility index (Phi) is 6.81. The fraction of sp³-hybridized carbons (Fsp3) is 0.500. The Morgan fingerprint density at radius 3 is 1.30 bits per heavy atom. The van der Waals surface area contributed by atoms with Gasteiger partial charge in [0.15, 0.2) is 0 Å². The van der Waals surface area contributed by atoms with E-state index in [1.54, 1.807) is 18.9 Å². The molecule has 2 rings (SSSR count). The van der Waals surface area contributed by atoms with E-state index in [9.17, 15) is 0 Å². The van der Waals surface area contributed by atoms with Gasteiger partial charge >= 0.3 is 115 Å². The molecule has 0 unspecified atom stereocenters. The molecule has 0 heterocycles. The maximum absolute atomic E-state index is 2.62. The van der Waals surface area contributed by atoms with Crippen molar-refractivity contribution < 1.29 is 14.0 Å². The molecule has 0 amide bonds. The van der Waals surface area contributed by atoms with Crippen LogP contribution >= 0.6 is 34.0 Å². The van der Waals surface area contributed by atoms with E-state index in [0.29, 0.717) is 0 Å². The van der Waals surface area contributed by atoms with Crippen molar-refractivity contribution in [1.29, 1.82) is 0 Å². The van der Waals surface area contributed by atoms with Gasteiger partial charge in [-0.25, -0.2) is 0 Å². The molecular weight excluding hydrogens is 428 g/mol. The van der Waals surface area contributed by atoms with Crippen molar-refractivity contribution in [3.8, 4) is 0 Å². The number of rotatable bonds is 2. The van der Waals surface area contributed by atoms with Crippen molar-refractivity contribution in [3.05, 3.63) is 42.2 Å². The zero-order valence-electron chi connectivity index (χ0n) is 13.6. The van der Waals surface area contributed by atoms with Gasteiger partial charge in [0.05, 0.1) is 0 Å². The van der Waals surface area contributed by atoms with Crippen LogP contribution in [-0.2, 0) is 14.0 Å². The van der Waals surface area contributed by atoms with E-state index in [2.05, 4.69) is 57.9 Å². The molecular formula is C16H28Br2SiTi. The van der Waals surface area contributed by atoms with Gasteiger partial charge in [0, 0.05) is 0 Å². The molecule has 0 aromatic rings. The summed E-state index contributed by atoms with van der Waals surface area (Å²) in [5.74, 6) is 0. The fourth-order valence-electron chi connectivity index (χ4n) is 3.64. The van der Waals surface area contributed by atoms with Crippen LogP contribution in [0.25, 0.3) is 0 Å². The molecule has 0 aromatic carbocycles. The average molecular weight is 456 g/mol. The van der Waals surface area contributed by atoms with E-state index in [1.165, 1.54) is 24.0 Å². The molecule has 0 N–H and O–H groups in total. The summed E-state index contributed by atoms with van der Waals surface area (Å²) in [5, 5.41) is 5.23. The third-order valence-corrected chi connectivity index (χ3v) is 16.6. The van der Waals surface area contributed by atoms with Crippen LogP contribution in [0.2, 0.25) is 10.5 Å². The van der Waals surface area contributed by atoms with E-state index < -0.39 is 14.0 Å². The predicted octanol–water partition coefficient (Wildman–Crippen LogP) is 5.72. The van der Waals surface area contributed by atoms with Crippen LogP contribution in [0, 0.1) is 0 Å². The summed E-state index contributed by atoms with van der Waals surface area (Å²) >= 11 is -2.62. The van der Waals surface area contributed by atoms with Crippen molar-refractivity contribution in [2.24, 2.45) is 0 Å². The molecule has 0 aliphatic heterocycles. The molecule has 0 saturated carbocycles. The standard InChI is InChI=1S/2C7H9.2CH3.2BrH.H2Si.Ti/c2*1-6-4-3-5-7(6)2;;;;;;/h2*4H,3H2,1-2H3;2*1H3;2*1H;1H2;. The van der Waals surface area contributed by atoms with E-state index in [4.69, 9.17) is 0 Å². The fourth-order valence-corrected chi connectivity index (χ4v) is 14.3. The molecule has 2 aliphatic carbocycles. The molecule has 0 radical (unpaired) electrons. The minimum atomic E-state index is -2.62. The van der Waals surface area contributed by atoms with Gasteiger partial charge in [-0.2, -0.15) is 0 Å². The molecule has 114 valence electrons. The second-order valence-corrected chi connectivity index (χ2v) is 26.1. The first-order chi connectivity index (χ1) is 8.13. The summed E-state index contributed by atoms with van der Waals surface area (Å²) in [6.45, 7) is 9.21. The van der Waals surface area contributed by atoms with Crippen molar-refractivity contribution in [1.82, 2.24) is 0 Å². The van der Waals surface area contributed by atoms with Gasteiger partial charge < -0.3 is 0 Å². The first-order valence-electron chi connectivity index (χ1n) is 6.95. The Morgan fingerprint density at radius 1 is 0.800 bits per heavy atom. The van der Waals surface area contributed by atoms with Crippen LogP contribution in [0.1, 0.15) is 40.5 Å². The maximum atomic E-state index is 2.62. The first kappa shape index (κ1) is 20.9. The van der Waals surface area contributed by atoms with Gasteiger partial charge in [-0.3, -0.25) is 0 Å². The number of halogens is 2. The Balaban J connectivity index is 0.00000180. The molecule has 0 atom stereocenters. The Bertz CT molecular complexity index is 564. The van der Waals surface area contributed by atoms with E-state index >= 15 is 0 Å². The Labute approximate surface area is 147 Å². The summed E-state index contributed by atoms with van der Waals surface area (Å²) < 4.78 is 3.61. The van der Waals surface area contributed by atoms with Gasteiger partial charge in [0.2, 0.25) is 0 Å². The van der Waals surface area contributed by atoms with Crippen LogP contribution in [0.5, 0.6) is 0 Å². The summed E-state index contributed by atoms with van der Waals surface area (Å²) in [4.78, 5) is 0. The summed E-state index contributed by atoms with van der Waals surface area (Å²) in [6.07, 6.45) is 7.28. The number of allylic oxidation sites excluding steroid dienone is 8. The van der Waals surface area contributed by atoms with Crippen molar-refractivity contribution in [2.75, 3.05) is 0 Å². The van der Waals surface area contributed by atoms with Crippen molar-refractivity contribution in [2.45, 2.75) is 51.0 Å². The first-order valence-corrected chi connectivity index (χ1v) is 15.7. The molecule has 0 aromatic heterocycles. The summed E-state index contributed by atoms with van der Waals surface area (Å²) in [6, 6.07) is 0. The van der Waals surface area contributed by atoms with Crippen LogP contribution < -0.4 is 0 Å². The van der Waals surface area contributed by atoms with Crippen LogP contribution in [-0.4, -0.2) is 7.63 Å². The van der Waals surface area contributed by atoms with E-state index in [1.807, 2.05) is 0 Å². The van der Waals surface area contributed by atoms with E-state index in [-0.39, 0.29) is 34.0 Å². The zero-order chi connectivity index (χ0) is 13.7. The normalized spacial score (nSPS) is 19.6. The monoisotopic (exact) mass is 454 g/mol. The van der Waals surface area contributed by atoms with Gasteiger partial charge in [-0.1, -0.05) is 0 Å². The van der Waals surface area contributed by atoms with Gasteiger partial charge in [-0.05, 0) is 0 Å². The molecule has 20 heavy (non-hydrogen) atoms. The second-order valence-electron chi connectivity index (χ2n) is 7.08. The van der Waals surface area contributed by atoms with Gasteiger partial charge in [0.25, 0.3) is 0 Å². The third-order valence-electron chi connectivity index (χ3n) is 5.25. The average Bonchev–Trinajstić information content (AvgIpc) is 2.74. The number of hydrogen-bond donors (Lipinski definition) is 0. The molecule has 0 spiro atoms. The summed E-state index contributed by atoms with van der Waals surface area (Å²) in [7, 11) is 2.36. The van der Waals surface area contributed by atoms with Gasteiger partial charge in [-0.15, -0.1) is 34.0 Å². The quantitative estimate of drug-likeness (QED) is 0.467. The van der Waals surface area contributed by atoms with Crippen LogP contribution in [0.4, 0.5) is 0 Å². The topological polar surface area (TPSA) is 0 Å². The van der Waals surface area contributed by atoms with Crippen molar-refractivity contribution >= 4 is 41.6 Å². The predicted molar refractivity (Wildman–Crippen MR) is 103 cm³/mol. The molecule has 2 aliphatic rings. The van der Waals surface area contributed by atoms with E-state index in [0.717, 1.165) is 0 Å². The Hall–Kier alpha value is 0.851. The van der Waals surface area contributed by atoms with Crippen molar-refractivity contribution in [3.63, 3.8) is 0 Å². The molecule has 0 fully saturated rings. The zero-order valence-corrected chi connectivity index (χ0v) is 20.0. The molecule has 0 nitrogen and oxygen atoms in total. The third kappa shape index (κ3) is 3.27. The molecule has 0 bridgehead atoms. The molecule has 0 saturated heterocycles. The second kappa shape index (κ2) is 6.54.